The zero-order chi connectivity index (χ0) is 11.5. The minimum Gasteiger partial charge on any atom is -0.0997 e. The van der Waals surface area contributed by atoms with E-state index >= 15 is 0 Å². The van der Waals surface area contributed by atoms with Gasteiger partial charge in [-0.15, -0.1) is 0 Å². The third-order valence-corrected chi connectivity index (χ3v) is 3.86. The molecular weight excluding hydrogens is 200 g/mol. The van der Waals surface area contributed by atoms with Crippen molar-refractivity contribution >= 4 is 11.8 Å². The first-order valence-corrected chi connectivity index (χ1v) is 7.08. The van der Waals surface area contributed by atoms with Gasteiger partial charge >= 0.3 is 0 Å². The van der Waals surface area contributed by atoms with Crippen LogP contribution in [0.2, 0.25) is 0 Å². The van der Waals surface area contributed by atoms with Crippen LogP contribution in [0.5, 0.6) is 0 Å². The van der Waals surface area contributed by atoms with E-state index in [0.29, 0.717) is 0 Å². The lowest BCUT2D eigenvalue weighted by atomic mass is 10.2. The molecule has 0 fully saturated rings. The molecule has 0 heterocycles. The lowest BCUT2D eigenvalue weighted by Gasteiger charge is -2.09. The molecular formula is C14H26S. The van der Waals surface area contributed by atoms with Crippen LogP contribution >= 0.6 is 11.8 Å². The third kappa shape index (κ3) is 7.72. The molecule has 0 saturated carbocycles. The maximum atomic E-state index is 2.27. The van der Waals surface area contributed by atoms with Crippen LogP contribution < -0.4 is 0 Å². The van der Waals surface area contributed by atoms with Gasteiger partial charge < -0.3 is 0 Å². The molecule has 88 valence electrons. The van der Waals surface area contributed by atoms with Crippen molar-refractivity contribution in [3.63, 3.8) is 0 Å². The first kappa shape index (κ1) is 14.8. The Balaban J connectivity index is 4.02. The Hall–Kier alpha value is -0.170. The molecule has 0 N–H and O–H groups in total. The maximum absolute atomic E-state index is 2.27. The van der Waals surface area contributed by atoms with Crippen molar-refractivity contribution in [2.45, 2.75) is 66.2 Å². The smallest absolute Gasteiger partial charge is 0.0148 e. The minimum absolute atomic E-state index is 1.25. The number of rotatable bonds is 8. The SMILES string of the molecule is CC=C(CCCC)SC(=CC)CCCC. The standard InChI is InChI=1S/C14H26S/c1-5-9-11-13(7-3)15-14(8-4)12-10-6-2/h7-8H,5-6,9-12H2,1-4H3. The number of thioether (sulfide) groups is 1. The first-order valence-electron chi connectivity index (χ1n) is 6.26. The van der Waals surface area contributed by atoms with E-state index in [1.165, 1.54) is 38.5 Å². The van der Waals surface area contributed by atoms with Crippen molar-refractivity contribution in [1.29, 1.82) is 0 Å². The fourth-order valence-electron chi connectivity index (χ4n) is 1.38. The topological polar surface area (TPSA) is 0 Å². The van der Waals surface area contributed by atoms with Gasteiger partial charge in [-0.05, 0) is 49.3 Å². The van der Waals surface area contributed by atoms with Gasteiger partial charge in [-0.1, -0.05) is 50.6 Å². The number of hydrogen-bond acceptors (Lipinski definition) is 1. The molecule has 0 aromatic carbocycles. The Morgan fingerprint density at radius 3 is 1.53 bits per heavy atom. The summed E-state index contributed by atoms with van der Waals surface area (Å²) in [5.41, 5.74) is 0. The molecule has 0 amide bonds. The molecule has 0 aliphatic rings. The van der Waals surface area contributed by atoms with Crippen molar-refractivity contribution in [1.82, 2.24) is 0 Å². The van der Waals surface area contributed by atoms with Gasteiger partial charge in [-0.2, -0.15) is 0 Å². The minimum atomic E-state index is 1.25. The highest BCUT2D eigenvalue weighted by Gasteiger charge is 2.01. The van der Waals surface area contributed by atoms with Crippen molar-refractivity contribution in [2.24, 2.45) is 0 Å². The predicted molar refractivity (Wildman–Crippen MR) is 74.2 cm³/mol. The van der Waals surface area contributed by atoms with Crippen LogP contribution in [0.1, 0.15) is 66.2 Å². The normalized spacial score (nSPS) is 13.3. The second kappa shape index (κ2) is 10.4. The van der Waals surface area contributed by atoms with Crippen molar-refractivity contribution in [3.05, 3.63) is 22.0 Å². The van der Waals surface area contributed by atoms with Crippen LogP contribution in [0.4, 0.5) is 0 Å². The van der Waals surface area contributed by atoms with Gasteiger partial charge in [0.05, 0.1) is 0 Å². The summed E-state index contributed by atoms with van der Waals surface area (Å²) in [6.45, 7) is 8.83. The average molecular weight is 226 g/mol. The third-order valence-electron chi connectivity index (χ3n) is 2.46. The summed E-state index contributed by atoms with van der Waals surface area (Å²) < 4.78 is 0. The summed E-state index contributed by atoms with van der Waals surface area (Å²) >= 11 is 1.99. The average Bonchev–Trinajstić information content (AvgIpc) is 2.28. The van der Waals surface area contributed by atoms with Crippen LogP contribution in [0.15, 0.2) is 22.0 Å². The van der Waals surface area contributed by atoms with Crippen molar-refractivity contribution in [3.8, 4) is 0 Å². The molecule has 0 aromatic rings. The quantitative estimate of drug-likeness (QED) is 0.496. The van der Waals surface area contributed by atoms with Gasteiger partial charge in [0, 0.05) is 0 Å². The Morgan fingerprint density at radius 1 is 0.867 bits per heavy atom. The van der Waals surface area contributed by atoms with E-state index in [-0.39, 0.29) is 0 Å². The van der Waals surface area contributed by atoms with E-state index in [0.717, 1.165) is 0 Å². The van der Waals surface area contributed by atoms with E-state index in [2.05, 4.69) is 39.8 Å². The fraction of sp³-hybridized carbons (Fsp3) is 0.714. The van der Waals surface area contributed by atoms with Crippen molar-refractivity contribution in [2.75, 3.05) is 0 Å². The molecule has 0 unspecified atom stereocenters. The zero-order valence-electron chi connectivity index (χ0n) is 10.8. The van der Waals surface area contributed by atoms with Crippen LogP contribution in [0.3, 0.4) is 0 Å². The van der Waals surface area contributed by atoms with E-state index in [4.69, 9.17) is 0 Å². The lowest BCUT2D eigenvalue weighted by molar-refractivity contribution is 0.802. The van der Waals surface area contributed by atoms with Gasteiger partial charge in [0.2, 0.25) is 0 Å². The van der Waals surface area contributed by atoms with Gasteiger partial charge in [0.15, 0.2) is 0 Å². The molecule has 0 aromatic heterocycles. The summed E-state index contributed by atoms with van der Waals surface area (Å²) in [5.74, 6) is 0. The highest BCUT2D eigenvalue weighted by molar-refractivity contribution is 8.06. The Bertz CT molecular complexity index is 179. The number of allylic oxidation sites excluding steroid dienone is 4. The van der Waals surface area contributed by atoms with Gasteiger partial charge in [-0.3, -0.25) is 0 Å². The second-order valence-corrected chi connectivity index (χ2v) is 5.07. The van der Waals surface area contributed by atoms with Crippen molar-refractivity contribution < 1.29 is 0 Å². The zero-order valence-corrected chi connectivity index (χ0v) is 11.6. The molecule has 0 bridgehead atoms. The molecule has 0 aliphatic carbocycles. The number of hydrogen-bond donors (Lipinski definition) is 0. The van der Waals surface area contributed by atoms with Crippen LogP contribution in [-0.4, -0.2) is 0 Å². The summed E-state index contributed by atoms with van der Waals surface area (Å²) in [6, 6.07) is 0. The Morgan fingerprint density at radius 2 is 1.27 bits per heavy atom. The molecule has 0 saturated heterocycles. The molecule has 1 heteroatoms. The highest BCUT2D eigenvalue weighted by Crippen LogP contribution is 2.32. The van der Waals surface area contributed by atoms with Gasteiger partial charge in [0.1, 0.15) is 0 Å². The van der Waals surface area contributed by atoms with E-state index in [1.807, 2.05) is 11.8 Å². The van der Waals surface area contributed by atoms with Gasteiger partial charge in [0.25, 0.3) is 0 Å². The Labute approximate surface area is 100 Å². The molecule has 0 radical (unpaired) electrons. The Kier molecular flexibility index (Phi) is 10.2. The largest absolute Gasteiger partial charge is 0.0997 e. The fourth-order valence-corrected chi connectivity index (χ4v) is 2.44. The second-order valence-electron chi connectivity index (χ2n) is 3.82. The molecule has 0 spiro atoms. The highest BCUT2D eigenvalue weighted by atomic mass is 32.2. The molecule has 0 rings (SSSR count). The predicted octanol–water partition coefficient (Wildman–Crippen LogP) is 5.91. The lowest BCUT2D eigenvalue weighted by Crippen LogP contribution is -1.83. The monoisotopic (exact) mass is 226 g/mol. The van der Waals surface area contributed by atoms with E-state index in [1.54, 1.807) is 9.81 Å². The van der Waals surface area contributed by atoms with E-state index < -0.39 is 0 Å². The van der Waals surface area contributed by atoms with Crippen LogP contribution in [0, 0.1) is 0 Å². The number of unbranched alkanes of at least 4 members (excludes halogenated alkanes) is 2. The summed E-state index contributed by atoms with van der Waals surface area (Å²) in [4.78, 5) is 3.09. The molecule has 0 aliphatic heterocycles. The van der Waals surface area contributed by atoms with E-state index in [9.17, 15) is 0 Å². The maximum Gasteiger partial charge on any atom is -0.0148 e. The van der Waals surface area contributed by atoms with Crippen LogP contribution in [-0.2, 0) is 0 Å². The molecule has 0 nitrogen and oxygen atoms in total. The van der Waals surface area contributed by atoms with Gasteiger partial charge in [-0.25, -0.2) is 0 Å². The first-order chi connectivity index (χ1) is 7.28. The summed E-state index contributed by atoms with van der Waals surface area (Å²) in [6.07, 6.45) is 12.3. The summed E-state index contributed by atoms with van der Waals surface area (Å²) in [5, 5.41) is 0. The van der Waals surface area contributed by atoms with Crippen LogP contribution in [0.25, 0.3) is 0 Å². The molecule has 15 heavy (non-hydrogen) atoms. The summed E-state index contributed by atoms with van der Waals surface area (Å²) in [7, 11) is 0. The molecule has 0 atom stereocenters.